The van der Waals surface area contributed by atoms with E-state index in [-0.39, 0.29) is 5.60 Å². The van der Waals surface area contributed by atoms with Crippen LogP contribution in [0.2, 0.25) is 0 Å². The first-order chi connectivity index (χ1) is 9.74. The van der Waals surface area contributed by atoms with Crippen molar-refractivity contribution in [2.75, 3.05) is 13.1 Å². The van der Waals surface area contributed by atoms with Crippen molar-refractivity contribution in [3.8, 4) is 5.75 Å². The van der Waals surface area contributed by atoms with E-state index in [1.54, 1.807) is 0 Å². The maximum absolute atomic E-state index is 6.45. The topological polar surface area (TPSA) is 12.5 Å². The molecule has 1 saturated carbocycles. The highest BCUT2D eigenvalue weighted by molar-refractivity contribution is 9.10. The zero-order valence-corrected chi connectivity index (χ0v) is 13.5. The predicted octanol–water partition coefficient (Wildman–Crippen LogP) is 4.16. The van der Waals surface area contributed by atoms with Crippen molar-refractivity contribution in [2.24, 2.45) is 0 Å². The first-order valence-electron chi connectivity index (χ1n) is 7.96. The third-order valence-corrected chi connectivity index (χ3v) is 5.99. The van der Waals surface area contributed by atoms with Gasteiger partial charge in [-0.2, -0.15) is 0 Å². The number of halogens is 1. The molecule has 2 nitrogen and oxygen atoms in total. The molecular formula is C17H22BrNO. The van der Waals surface area contributed by atoms with Crippen molar-refractivity contribution in [2.45, 2.75) is 56.6 Å². The van der Waals surface area contributed by atoms with E-state index < -0.39 is 0 Å². The number of nitrogens with zero attached hydrogens (tertiary/aromatic N) is 1. The van der Waals surface area contributed by atoms with E-state index in [1.807, 2.05) is 0 Å². The summed E-state index contributed by atoms with van der Waals surface area (Å²) in [6, 6.07) is 7.34. The minimum atomic E-state index is 0.126. The minimum absolute atomic E-state index is 0.126. The Bertz CT molecular complexity index is 504. The van der Waals surface area contributed by atoms with Crippen molar-refractivity contribution in [1.29, 1.82) is 0 Å². The van der Waals surface area contributed by atoms with Gasteiger partial charge in [-0.05, 0) is 62.3 Å². The number of ether oxygens (including phenoxy) is 1. The van der Waals surface area contributed by atoms with Crippen molar-refractivity contribution >= 4 is 15.9 Å². The van der Waals surface area contributed by atoms with E-state index in [4.69, 9.17) is 4.74 Å². The van der Waals surface area contributed by atoms with Crippen LogP contribution in [0.25, 0.3) is 0 Å². The Morgan fingerprint density at radius 1 is 1.15 bits per heavy atom. The molecule has 20 heavy (non-hydrogen) atoms. The normalized spacial score (nSPS) is 25.9. The van der Waals surface area contributed by atoms with Gasteiger partial charge in [-0.15, -0.1) is 0 Å². The SMILES string of the molecule is Brc1ccc2c(c1)CCC1(CCN(C3CCC3)CC1)O2. The lowest BCUT2D eigenvalue weighted by Gasteiger charge is -2.48. The highest BCUT2D eigenvalue weighted by Crippen LogP contribution is 2.41. The fourth-order valence-corrected chi connectivity index (χ4v) is 4.30. The van der Waals surface area contributed by atoms with Crippen LogP contribution >= 0.6 is 15.9 Å². The molecular weight excluding hydrogens is 314 g/mol. The zero-order valence-electron chi connectivity index (χ0n) is 11.9. The van der Waals surface area contributed by atoms with Gasteiger partial charge in [0.25, 0.3) is 0 Å². The van der Waals surface area contributed by atoms with E-state index in [1.165, 1.54) is 57.2 Å². The fraction of sp³-hybridized carbons (Fsp3) is 0.647. The van der Waals surface area contributed by atoms with Crippen LogP contribution in [0, 0.1) is 0 Å². The van der Waals surface area contributed by atoms with Gasteiger partial charge >= 0.3 is 0 Å². The second-order valence-corrected chi connectivity index (χ2v) is 7.57. The predicted molar refractivity (Wildman–Crippen MR) is 84.3 cm³/mol. The third kappa shape index (κ3) is 2.29. The summed E-state index contributed by atoms with van der Waals surface area (Å²) in [5.74, 6) is 1.12. The summed E-state index contributed by atoms with van der Waals surface area (Å²) in [5.41, 5.74) is 1.49. The molecule has 0 atom stereocenters. The summed E-state index contributed by atoms with van der Waals surface area (Å²) in [7, 11) is 0. The lowest BCUT2D eigenvalue weighted by atomic mass is 9.81. The quantitative estimate of drug-likeness (QED) is 0.763. The molecule has 0 radical (unpaired) electrons. The summed E-state index contributed by atoms with van der Waals surface area (Å²) in [6.45, 7) is 2.47. The van der Waals surface area contributed by atoms with Gasteiger partial charge in [-0.3, -0.25) is 0 Å². The molecule has 1 spiro atoms. The Balaban J connectivity index is 1.46. The van der Waals surface area contributed by atoms with Gasteiger partial charge in [0.2, 0.25) is 0 Å². The Morgan fingerprint density at radius 2 is 1.95 bits per heavy atom. The Hall–Kier alpha value is -0.540. The van der Waals surface area contributed by atoms with Gasteiger partial charge in [0, 0.05) is 23.6 Å². The van der Waals surface area contributed by atoms with Crippen LogP contribution in [0.4, 0.5) is 0 Å². The smallest absolute Gasteiger partial charge is 0.123 e. The number of hydrogen-bond acceptors (Lipinski definition) is 2. The van der Waals surface area contributed by atoms with Gasteiger partial charge in [-0.1, -0.05) is 22.4 Å². The van der Waals surface area contributed by atoms with Crippen LogP contribution < -0.4 is 4.74 Å². The number of benzene rings is 1. The highest BCUT2D eigenvalue weighted by Gasteiger charge is 2.41. The van der Waals surface area contributed by atoms with Gasteiger partial charge < -0.3 is 9.64 Å². The average molecular weight is 336 g/mol. The number of aryl methyl sites for hydroxylation is 1. The lowest BCUT2D eigenvalue weighted by molar-refractivity contribution is -0.0337. The molecule has 2 aliphatic heterocycles. The van der Waals surface area contributed by atoms with Crippen molar-refractivity contribution in [3.05, 3.63) is 28.2 Å². The second-order valence-electron chi connectivity index (χ2n) is 6.66. The molecule has 4 rings (SSSR count). The third-order valence-electron chi connectivity index (χ3n) is 5.50. The number of piperidine rings is 1. The maximum atomic E-state index is 6.45. The molecule has 3 heteroatoms. The molecule has 2 heterocycles. The maximum Gasteiger partial charge on any atom is 0.123 e. The molecule has 3 aliphatic rings. The summed E-state index contributed by atoms with van der Waals surface area (Å²) < 4.78 is 7.61. The summed E-state index contributed by atoms with van der Waals surface area (Å²) in [5, 5.41) is 0. The molecule has 1 aromatic carbocycles. The van der Waals surface area contributed by atoms with Crippen LogP contribution in [-0.4, -0.2) is 29.6 Å². The van der Waals surface area contributed by atoms with Crippen molar-refractivity contribution in [1.82, 2.24) is 4.90 Å². The van der Waals surface area contributed by atoms with Gasteiger partial charge in [-0.25, -0.2) is 0 Å². The minimum Gasteiger partial charge on any atom is -0.487 e. The van der Waals surface area contributed by atoms with Crippen molar-refractivity contribution in [3.63, 3.8) is 0 Å². The molecule has 0 aromatic heterocycles. The molecule has 0 amide bonds. The van der Waals surface area contributed by atoms with E-state index in [0.29, 0.717) is 0 Å². The standard InChI is InChI=1S/C17H22BrNO/c18-14-4-5-16-13(12-14)6-7-17(20-16)8-10-19(11-9-17)15-2-1-3-15/h4-5,12,15H,1-3,6-11H2. The van der Waals surface area contributed by atoms with Crippen molar-refractivity contribution < 1.29 is 4.74 Å². The Labute approximate surface area is 129 Å². The largest absolute Gasteiger partial charge is 0.487 e. The first-order valence-corrected chi connectivity index (χ1v) is 8.75. The van der Waals surface area contributed by atoms with Crippen LogP contribution in [0.15, 0.2) is 22.7 Å². The van der Waals surface area contributed by atoms with Gasteiger partial charge in [0.15, 0.2) is 0 Å². The molecule has 2 fully saturated rings. The van der Waals surface area contributed by atoms with Crippen LogP contribution in [0.5, 0.6) is 5.75 Å². The second kappa shape index (κ2) is 5.03. The monoisotopic (exact) mass is 335 g/mol. The lowest BCUT2D eigenvalue weighted by Crippen LogP contribution is -2.53. The number of hydrogen-bond donors (Lipinski definition) is 0. The highest BCUT2D eigenvalue weighted by atomic mass is 79.9. The molecule has 1 saturated heterocycles. The van der Waals surface area contributed by atoms with E-state index in [0.717, 1.165) is 22.7 Å². The molecule has 1 aliphatic carbocycles. The first kappa shape index (κ1) is 13.1. The van der Waals surface area contributed by atoms with E-state index >= 15 is 0 Å². The van der Waals surface area contributed by atoms with E-state index in [2.05, 4.69) is 39.0 Å². The summed E-state index contributed by atoms with van der Waals surface area (Å²) >= 11 is 3.55. The van der Waals surface area contributed by atoms with Crippen LogP contribution in [0.3, 0.4) is 0 Å². The van der Waals surface area contributed by atoms with Gasteiger partial charge in [0.1, 0.15) is 11.4 Å². The number of likely N-dealkylation sites (tertiary alicyclic amines) is 1. The summed E-state index contributed by atoms with van der Waals surface area (Å²) in [6.07, 6.45) is 9.05. The molecule has 1 aromatic rings. The zero-order chi connectivity index (χ0) is 13.6. The Morgan fingerprint density at radius 3 is 2.65 bits per heavy atom. The summed E-state index contributed by atoms with van der Waals surface area (Å²) in [4.78, 5) is 2.70. The fourth-order valence-electron chi connectivity index (χ4n) is 3.89. The number of fused-ring (bicyclic) bond motifs is 1. The molecule has 0 unspecified atom stereocenters. The van der Waals surface area contributed by atoms with Crippen LogP contribution in [-0.2, 0) is 6.42 Å². The average Bonchev–Trinajstić information content (AvgIpc) is 2.40. The van der Waals surface area contributed by atoms with E-state index in [9.17, 15) is 0 Å². The van der Waals surface area contributed by atoms with Crippen LogP contribution in [0.1, 0.15) is 44.1 Å². The van der Waals surface area contributed by atoms with Gasteiger partial charge in [0.05, 0.1) is 0 Å². The number of rotatable bonds is 1. The Kier molecular flexibility index (Phi) is 3.30. The molecule has 0 bridgehead atoms. The molecule has 0 N–H and O–H groups in total. The molecule has 108 valence electrons.